The molecular weight excluding hydrogens is 524 g/mol. The summed E-state index contributed by atoms with van der Waals surface area (Å²) in [5.74, 6) is -5.28. The van der Waals surface area contributed by atoms with Gasteiger partial charge in [0.25, 0.3) is 0 Å². The van der Waals surface area contributed by atoms with Gasteiger partial charge in [-0.05, 0) is 44.2 Å². The van der Waals surface area contributed by atoms with Crippen LogP contribution in [0.2, 0.25) is 0 Å². The van der Waals surface area contributed by atoms with Crippen molar-refractivity contribution in [2.75, 3.05) is 13.1 Å². The summed E-state index contributed by atoms with van der Waals surface area (Å²) in [5.41, 5.74) is 22.6. The Bertz CT molecular complexity index is 1020. The van der Waals surface area contributed by atoms with E-state index < -0.39 is 60.2 Å². The number of aliphatic imine (C=N–C) groups is 1. The van der Waals surface area contributed by atoms with Crippen molar-refractivity contribution in [1.29, 1.82) is 0 Å². The second kappa shape index (κ2) is 18.1. The standard InChI is InChI=1S/C25H40N8O7/c26-11-5-4-10-17(31-21(36)16(27)9-6-12-30-25(28)29)22(37)32-18(14-20(34)35)23(38)33-19(24(39)40)13-15-7-2-1-3-8-15/h1-3,7-8,16-19H,4-6,9-14,26-27H2,(H,31,36)(H,32,37)(H,33,38)(H,34,35)(H,39,40)(H4,28,29,30). The van der Waals surface area contributed by atoms with Crippen LogP contribution in [0.25, 0.3) is 0 Å². The van der Waals surface area contributed by atoms with E-state index in [4.69, 9.17) is 22.9 Å². The van der Waals surface area contributed by atoms with Gasteiger partial charge in [0.05, 0.1) is 12.5 Å². The van der Waals surface area contributed by atoms with Crippen molar-refractivity contribution in [2.24, 2.45) is 27.9 Å². The number of guanidine groups is 1. The van der Waals surface area contributed by atoms with Crippen LogP contribution < -0.4 is 38.9 Å². The van der Waals surface area contributed by atoms with E-state index in [1.54, 1.807) is 30.3 Å². The number of aliphatic carboxylic acids is 2. The van der Waals surface area contributed by atoms with E-state index in [9.17, 15) is 34.2 Å². The van der Waals surface area contributed by atoms with Crippen LogP contribution in [-0.4, -0.2) is 83.1 Å². The van der Waals surface area contributed by atoms with Gasteiger partial charge in [-0.1, -0.05) is 30.3 Å². The summed E-state index contributed by atoms with van der Waals surface area (Å²) in [4.78, 5) is 65.7. The maximum absolute atomic E-state index is 13.1. The minimum Gasteiger partial charge on any atom is -0.481 e. The molecule has 3 amide bonds. The van der Waals surface area contributed by atoms with Gasteiger partial charge in [-0.15, -0.1) is 0 Å². The molecule has 0 fully saturated rings. The van der Waals surface area contributed by atoms with Crippen LogP contribution in [0, 0.1) is 0 Å². The first-order chi connectivity index (χ1) is 18.9. The molecule has 0 spiro atoms. The number of carbonyl (C=O) groups excluding carboxylic acids is 3. The third kappa shape index (κ3) is 13.5. The zero-order valence-electron chi connectivity index (χ0n) is 22.3. The fourth-order valence-electron chi connectivity index (χ4n) is 3.67. The van der Waals surface area contributed by atoms with Crippen molar-refractivity contribution in [3.63, 3.8) is 0 Å². The molecule has 15 heteroatoms. The summed E-state index contributed by atoms with van der Waals surface area (Å²) in [6.45, 7) is 0.603. The molecule has 222 valence electrons. The first-order valence-electron chi connectivity index (χ1n) is 12.8. The normalized spacial score (nSPS) is 13.7. The summed E-state index contributed by atoms with van der Waals surface area (Å²) >= 11 is 0. The van der Waals surface area contributed by atoms with Gasteiger partial charge < -0.3 is 49.1 Å². The number of carbonyl (C=O) groups is 5. The lowest BCUT2D eigenvalue weighted by atomic mass is 10.0. The second-order valence-electron chi connectivity index (χ2n) is 9.15. The number of nitrogens with two attached hydrogens (primary N) is 4. The summed E-state index contributed by atoms with van der Waals surface area (Å²) in [5, 5.41) is 26.1. The highest BCUT2D eigenvalue weighted by atomic mass is 16.4. The third-order valence-electron chi connectivity index (χ3n) is 5.79. The predicted octanol–water partition coefficient (Wildman–Crippen LogP) is -2.25. The average molecular weight is 565 g/mol. The Hall–Kier alpha value is -4.24. The van der Waals surface area contributed by atoms with Crippen LogP contribution in [0.1, 0.15) is 44.1 Å². The number of benzene rings is 1. The van der Waals surface area contributed by atoms with Crippen LogP contribution in [0.15, 0.2) is 35.3 Å². The Morgan fingerprint density at radius 2 is 1.40 bits per heavy atom. The summed E-state index contributed by atoms with van der Waals surface area (Å²) < 4.78 is 0. The van der Waals surface area contributed by atoms with Gasteiger partial charge in [-0.2, -0.15) is 0 Å². The highest BCUT2D eigenvalue weighted by Crippen LogP contribution is 2.07. The molecule has 0 bridgehead atoms. The van der Waals surface area contributed by atoms with Crippen molar-refractivity contribution < 1.29 is 34.2 Å². The van der Waals surface area contributed by atoms with Crippen molar-refractivity contribution in [3.05, 3.63) is 35.9 Å². The zero-order chi connectivity index (χ0) is 30.1. The molecule has 0 aromatic heterocycles. The van der Waals surface area contributed by atoms with E-state index >= 15 is 0 Å². The number of nitrogens with one attached hydrogen (secondary N) is 3. The van der Waals surface area contributed by atoms with Crippen molar-refractivity contribution in [3.8, 4) is 0 Å². The van der Waals surface area contributed by atoms with Gasteiger partial charge in [0.1, 0.15) is 18.1 Å². The smallest absolute Gasteiger partial charge is 0.326 e. The number of amides is 3. The maximum atomic E-state index is 13.1. The molecule has 40 heavy (non-hydrogen) atoms. The lowest BCUT2D eigenvalue weighted by Crippen LogP contribution is -2.57. The number of nitrogens with zero attached hydrogens (tertiary/aromatic N) is 1. The molecule has 13 N–H and O–H groups in total. The molecule has 15 nitrogen and oxygen atoms in total. The fourth-order valence-corrected chi connectivity index (χ4v) is 3.67. The summed E-state index contributed by atoms with van der Waals surface area (Å²) in [6, 6.07) is 3.41. The van der Waals surface area contributed by atoms with E-state index in [1.807, 2.05) is 0 Å². The first-order valence-corrected chi connectivity index (χ1v) is 12.8. The van der Waals surface area contributed by atoms with Crippen LogP contribution in [-0.2, 0) is 30.4 Å². The highest BCUT2D eigenvalue weighted by molar-refractivity contribution is 5.95. The summed E-state index contributed by atoms with van der Waals surface area (Å²) in [7, 11) is 0. The van der Waals surface area contributed by atoms with E-state index in [1.165, 1.54) is 0 Å². The van der Waals surface area contributed by atoms with Crippen molar-refractivity contribution in [1.82, 2.24) is 16.0 Å². The molecule has 0 aliphatic carbocycles. The Morgan fingerprint density at radius 3 is 1.98 bits per heavy atom. The number of carboxylic acid groups (broad SMARTS) is 2. The molecular formula is C25H40N8O7. The molecule has 4 atom stereocenters. The van der Waals surface area contributed by atoms with Crippen LogP contribution in [0.4, 0.5) is 0 Å². The lowest BCUT2D eigenvalue weighted by molar-refractivity contribution is -0.143. The van der Waals surface area contributed by atoms with Gasteiger partial charge in [0, 0.05) is 13.0 Å². The molecule has 0 aliphatic rings. The van der Waals surface area contributed by atoms with Gasteiger partial charge >= 0.3 is 11.9 Å². The van der Waals surface area contributed by atoms with Crippen LogP contribution in [0.5, 0.6) is 0 Å². The second-order valence-corrected chi connectivity index (χ2v) is 9.15. The molecule has 1 rings (SSSR count). The minimum atomic E-state index is -1.61. The largest absolute Gasteiger partial charge is 0.481 e. The quantitative estimate of drug-likeness (QED) is 0.0491. The van der Waals surface area contributed by atoms with E-state index in [0.29, 0.717) is 31.4 Å². The minimum absolute atomic E-state index is 0.0610. The lowest BCUT2D eigenvalue weighted by Gasteiger charge is -2.24. The predicted molar refractivity (Wildman–Crippen MR) is 147 cm³/mol. The number of rotatable bonds is 19. The first kappa shape index (κ1) is 33.8. The monoisotopic (exact) mass is 564 g/mol. The molecule has 1 aromatic carbocycles. The topological polar surface area (TPSA) is 278 Å². The third-order valence-corrected chi connectivity index (χ3v) is 5.79. The molecule has 0 heterocycles. The van der Waals surface area contributed by atoms with Gasteiger partial charge in [0.2, 0.25) is 17.7 Å². The number of carboxylic acids is 2. The molecule has 0 aliphatic heterocycles. The Kier molecular flexibility index (Phi) is 15.3. The van der Waals surface area contributed by atoms with Crippen LogP contribution >= 0.6 is 0 Å². The number of unbranched alkanes of at least 4 members (excludes halogenated alkanes) is 1. The Morgan fingerprint density at radius 1 is 0.800 bits per heavy atom. The number of hydrogen-bond acceptors (Lipinski definition) is 8. The summed E-state index contributed by atoms with van der Waals surface area (Å²) in [6.07, 6.45) is 0.888. The SMILES string of the molecule is NCCCCC(NC(=O)C(N)CCCN=C(N)N)C(=O)NC(CC(=O)O)C(=O)NC(Cc1ccccc1)C(=O)O. The highest BCUT2D eigenvalue weighted by Gasteiger charge is 2.31. The van der Waals surface area contributed by atoms with E-state index in [2.05, 4.69) is 20.9 Å². The Labute approximate surface area is 232 Å². The van der Waals surface area contributed by atoms with E-state index in [0.717, 1.165) is 0 Å². The molecule has 0 radical (unpaired) electrons. The molecule has 1 aromatic rings. The Balaban J connectivity index is 2.95. The maximum Gasteiger partial charge on any atom is 0.326 e. The van der Waals surface area contributed by atoms with Crippen LogP contribution in [0.3, 0.4) is 0 Å². The van der Waals surface area contributed by atoms with Gasteiger partial charge in [-0.3, -0.25) is 24.2 Å². The van der Waals surface area contributed by atoms with Crippen molar-refractivity contribution in [2.45, 2.75) is 69.1 Å². The average Bonchev–Trinajstić information content (AvgIpc) is 2.89. The van der Waals surface area contributed by atoms with E-state index in [-0.39, 0.29) is 31.8 Å². The van der Waals surface area contributed by atoms with Gasteiger partial charge in [0.15, 0.2) is 5.96 Å². The number of hydrogen-bond donors (Lipinski definition) is 9. The zero-order valence-corrected chi connectivity index (χ0v) is 22.3. The molecule has 4 unspecified atom stereocenters. The fraction of sp³-hybridized carbons (Fsp3) is 0.520. The van der Waals surface area contributed by atoms with Gasteiger partial charge in [-0.25, -0.2) is 4.79 Å². The van der Waals surface area contributed by atoms with Crippen molar-refractivity contribution >= 4 is 35.6 Å². The molecule has 0 saturated heterocycles. The molecule has 0 saturated carbocycles.